The van der Waals surface area contributed by atoms with Gasteiger partial charge in [-0.05, 0) is 68.0 Å². The van der Waals surface area contributed by atoms with Crippen LogP contribution in [0.3, 0.4) is 0 Å². The summed E-state index contributed by atoms with van der Waals surface area (Å²) in [5.74, 6) is 6.79. The number of nitrogens with zero attached hydrogens (tertiary/aromatic N) is 4. The van der Waals surface area contributed by atoms with E-state index < -0.39 is 0 Å². The van der Waals surface area contributed by atoms with Gasteiger partial charge in [0.15, 0.2) is 0 Å². The highest BCUT2D eigenvalue weighted by molar-refractivity contribution is 7.07. The molecule has 8 heteroatoms. The molecular weight excluding hydrogens is 444 g/mol. The summed E-state index contributed by atoms with van der Waals surface area (Å²) in [5, 5.41) is 7.74. The molecule has 7 nitrogen and oxygen atoms in total. The molecule has 0 bridgehead atoms. The number of likely N-dealkylation sites (N-methyl/N-ethyl adjacent to an activating group) is 1. The lowest BCUT2D eigenvalue weighted by atomic mass is 10.0. The zero-order chi connectivity index (χ0) is 24.2. The van der Waals surface area contributed by atoms with E-state index >= 15 is 0 Å². The van der Waals surface area contributed by atoms with Crippen molar-refractivity contribution in [3.05, 3.63) is 75.4 Å². The Morgan fingerprint density at radius 3 is 2.76 bits per heavy atom. The quantitative estimate of drug-likeness (QED) is 0.416. The third-order valence-corrected chi connectivity index (χ3v) is 6.34. The molecule has 0 saturated heterocycles. The van der Waals surface area contributed by atoms with Crippen molar-refractivity contribution in [3.8, 4) is 11.8 Å². The first-order valence-electron chi connectivity index (χ1n) is 11.0. The van der Waals surface area contributed by atoms with E-state index in [0.717, 1.165) is 39.8 Å². The van der Waals surface area contributed by atoms with Gasteiger partial charge in [-0.25, -0.2) is 9.97 Å². The van der Waals surface area contributed by atoms with Crippen LogP contribution in [0.15, 0.2) is 47.5 Å². The largest absolute Gasteiger partial charge is 0.383 e. The summed E-state index contributed by atoms with van der Waals surface area (Å²) in [6.45, 7) is 5.47. The van der Waals surface area contributed by atoms with E-state index in [9.17, 15) is 4.79 Å². The average molecular weight is 473 g/mol. The Labute approximate surface area is 203 Å². The third kappa shape index (κ3) is 5.11. The average Bonchev–Trinajstić information content (AvgIpc) is 3.45. The molecule has 0 spiro atoms. The number of aromatic nitrogens is 3. The summed E-state index contributed by atoms with van der Waals surface area (Å²) >= 11 is 1.61. The Bertz CT molecular complexity index is 1380. The van der Waals surface area contributed by atoms with Crippen molar-refractivity contribution >= 4 is 34.1 Å². The maximum absolute atomic E-state index is 12.7. The Kier molecular flexibility index (Phi) is 6.96. The molecule has 4 rings (SSSR count). The molecule has 1 unspecified atom stereocenters. The first-order chi connectivity index (χ1) is 16.3. The zero-order valence-corrected chi connectivity index (χ0v) is 20.6. The molecule has 1 atom stereocenters. The van der Waals surface area contributed by atoms with Crippen LogP contribution in [-0.4, -0.2) is 46.0 Å². The van der Waals surface area contributed by atoms with Crippen LogP contribution in [0.2, 0.25) is 0 Å². The fourth-order valence-corrected chi connectivity index (χ4v) is 4.53. The minimum absolute atomic E-state index is 0.124. The van der Waals surface area contributed by atoms with Crippen LogP contribution in [0.4, 0.5) is 5.82 Å². The number of anilines is 1. The van der Waals surface area contributed by atoms with Crippen molar-refractivity contribution in [2.45, 2.75) is 26.4 Å². The standard InChI is InChI=1S/C26H28N6OS/c1-17-5-6-21(26(33)28-12-19-9-10-34-15-19)11-20(17)7-8-22-14-32(18(2)13-31(3)4)25-23(22)24(27)29-16-30-25/h5-6,9-11,14-16,18H,12-13H2,1-4H3,(H,28,33)(H2,27,29,30). The fourth-order valence-electron chi connectivity index (χ4n) is 3.87. The molecule has 3 N–H and O–H groups in total. The molecule has 3 heterocycles. The number of thiophene rings is 1. The summed E-state index contributed by atoms with van der Waals surface area (Å²) in [6, 6.07) is 7.76. The van der Waals surface area contributed by atoms with Gasteiger partial charge in [0.25, 0.3) is 5.91 Å². The highest BCUT2D eigenvalue weighted by Crippen LogP contribution is 2.26. The predicted molar refractivity (Wildman–Crippen MR) is 138 cm³/mol. The van der Waals surface area contributed by atoms with E-state index in [0.29, 0.717) is 17.9 Å². The second-order valence-electron chi connectivity index (χ2n) is 8.61. The summed E-state index contributed by atoms with van der Waals surface area (Å²) < 4.78 is 2.10. The van der Waals surface area contributed by atoms with Crippen LogP contribution >= 0.6 is 11.3 Å². The lowest BCUT2D eigenvalue weighted by Crippen LogP contribution is -2.22. The van der Waals surface area contributed by atoms with Gasteiger partial charge in [-0.3, -0.25) is 4.79 Å². The van der Waals surface area contributed by atoms with E-state index in [2.05, 4.69) is 43.5 Å². The van der Waals surface area contributed by atoms with Crippen molar-refractivity contribution in [1.29, 1.82) is 0 Å². The third-order valence-electron chi connectivity index (χ3n) is 5.61. The number of nitrogen functional groups attached to an aromatic ring is 1. The molecule has 3 aromatic heterocycles. The number of nitrogens with two attached hydrogens (primary N) is 1. The van der Waals surface area contributed by atoms with E-state index in [1.807, 2.05) is 62.2 Å². The number of hydrogen-bond acceptors (Lipinski definition) is 6. The van der Waals surface area contributed by atoms with Crippen LogP contribution in [0.1, 0.15) is 45.6 Å². The first-order valence-corrected chi connectivity index (χ1v) is 12.0. The highest BCUT2D eigenvalue weighted by Gasteiger charge is 2.16. The molecule has 0 fully saturated rings. The Hall–Kier alpha value is -3.67. The fraction of sp³-hybridized carbons (Fsp3) is 0.269. The van der Waals surface area contributed by atoms with E-state index in [4.69, 9.17) is 5.73 Å². The van der Waals surface area contributed by atoms with Gasteiger partial charge in [0.2, 0.25) is 0 Å². The lowest BCUT2D eigenvalue weighted by molar-refractivity contribution is 0.0951. The number of nitrogens with one attached hydrogen (secondary N) is 1. The number of aryl methyl sites for hydroxylation is 1. The normalized spacial score (nSPS) is 11.9. The lowest BCUT2D eigenvalue weighted by Gasteiger charge is -2.19. The van der Waals surface area contributed by atoms with Gasteiger partial charge in [0.05, 0.1) is 10.9 Å². The summed E-state index contributed by atoms with van der Waals surface area (Å²) in [7, 11) is 4.08. The van der Waals surface area contributed by atoms with Crippen LogP contribution in [0.5, 0.6) is 0 Å². The number of benzene rings is 1. The molecule has 4 aromatic rings. The van der Waals surface area contributed by atoms with Gasteiger partial charge < -0.3 is 20.5 Å². The van der Waals surface area contributed by atoms with Crippen molar-refractivity contribution in [3.63, 3.8) is 0 Å². The summed E-state index contributed by atoms with van der Waals surface area (Å²) in [6.07, 6.45) is 3.47. The maximum Gasteiger partial charge on any atom is 0.251 e. The molecule has 34 heavy (non-hydrogen) atoms. The van der Waals surface area contributed by atoms with Crippen molar-refractivity contribution in [2.24, 2.45) is 0 Å². The van der Waals surface area contributed by atoms with E-state index in [1.165, 1.54) is 6.33 Å². The molecule has 0 radical (unpaired) electrons. The van der Waals surface area contributed by atoms with Gasteiger partial charge in [0.1, 0.15) is 17.8 Å². The predicted octanol–water partition coefficient (Wildman–Crippen LogP) is 3.84. The Morgan fingerprint density at radius 1 is 1.24 bits per heavy atom. The minimum atomic E-state index is -0.124. The SMILES string of the molecule is Cc1ccc(C(=O)NCc2ccsc2)cc1C#Cc1cn(C(C)CN(C)C)c2ncnc(N)c12. The molecular formula is C26H28N6OS. The first kappa shape index (κ1) is 23.5. The number of carbonyl (C=O) groups excluding carboxylic acids is 1. The van der Waals surface area contributed by atoms with Gasteiger partial charge >= 0.3 is 0 Å². The van der Waals surface area contributed by atoms with Crippen LogP contribution in [-0.2, 0) is 6.54 Å². The summed E-state index contributed by atoms with van der Waals surface area (Å²) in [4.78, 5) is 23.4. The topological polar surface area (TPSA) is 89.1 Å². The van der Waals surface area contributed by atoms with Gasteiger partial charge in [-0.2, -0.15) is 11.3 Å². The summed E-state index contributed by atoms with van der Waals surface area (Å²) in [5.41, 5.74) is 11.2. The number of amides is 1. The Morgan fingerprint density at radius 2 is 2.03 bits per heavy atom. The van der Waals surface area contributed by atoms with Gasteiger partial charge in [-0.15, -0.1) is 0 Å². The van der Waals surface area contributed by atoms with E-state index in [-0.39, 0.29) is 11.9 Å². The van der Waals surface area contributed by atoms with Crippen LogP contribution < -0.4 is 11.1 Å². The second kappa shape index (κ2) is 10.1. The molecule has 0 saturated carbocycles. The second-order valence-corrected chi connectivity index (χ2v) is 9.39. The van der Waals surface area contributed by atoms with Gasteiger partial charge in [0, 0.05) is 36.5 Å². The molecule has 1 aromatic carbocycles. The van der Waals surface area contributed by atoms with Gasteiger partial charge in [-0.1, -0.05) is 17.9 Å². The monoisotopic (exact) mass is 472 g/mol. The minimum Gasteiger partial charge on any atom is -0.383 e. The van der Waals surface area contributed by atoms with Crippen molar-refractivity contribution in [2.75, 3.05) is 26.4 Å². The molecule has 0 aliphatic carbocycles. The smallest absolute Gasteiger partial charge is 0.251 e. The molecule has 1 amide bonds. The number of carbonyl (C=O) groups is 1. The highest BCUT2D eigenvalue weighted by atomic mass is 32.1. The van der Waals surface area contributed by atoms with Crippen LogP contribution in [0.25, 0.3) is 11.0 Å². The van der Waals surface area contributed by atoms with Crippen molar-refractivity contribution < 1.29 is 4.79 Å². The molecule has 0 aliphatic heterocycles. The van der Waals surface area contributed by atoms with E-state index in [1.54, 1.807) is 11.3 Å². The Balaban J connectivity index is 1.65. The maximum atomic E-state index is 12.7. The molecule has 174 valence electrons. The molecule has 0 aliphatic rings. The zero-order valence-electron chi connectivity index (χ0n) is 19.8. The number of hydrogen-bond donors (Lipinski definition) is 2. The van der Waals surface area contributed by atoms with Crippen molar-refractivity contribution in [1.82, 2.24) is 24.8 Å². The van der Waals surface area contributed by atoms with Crippen LogP contribution in [0, 0.1) is 18.8 Å². The number of rotatable bonds is 6. The number of fused-ring (bicyclic) bond motifs is 1.